The minimum absolute atomic E-state index is 0.0600. The van der Waals surface area contributed by atoms with Gasteiger partial charge in [-0.2, -0.15) is 0 Å². The maximum absolute atomic E-state index is 10.7. The number of carbonyl (C=O) groups excluding carboxylic acids is 2. The SMILES string of the molecule is CC(C)(c1cccc(CC=O)c1O)c1cccc(CC=O)c1O. The number of hydrogen-bond acceptors (Lipinski definition) is 4. The Morgan fingerprint density at radius 2 is 1.22 bits per heavy atom. The van der Waals surface area contributed by atoms with Gasteiger partial charge in [-0.25, -0.2) is 0 Å². The molecule has 2 N–H and O–H groups in total. The van der Waals surface area contributed by atoms with Crippen molar-refractivity contribution in [3.63, 3.8) is 0 Å². The molecule has 0 spiro atoms. The van der Waals surface area contributed by atoms with Gasteiger partial charge in [0, 0.05) is 40.5 Å². The third kappa shape index (κ3) is 3.11. The van der Waals surface area contributed by atoms with Gasteiger partial charge in [0.2, 0.25) is 0 Å². The number of aldehydes is 2. The van der Waals surface area contributed by atoms with Crippen molar-refractivity contribution in [2.75, 3.05) is 0 Å². The lowest BCUT2D eigenvalue weighted by Crippen LogP contribution is -2.20. The molecule has 0 aliphatic rings. The molecular formula is C19H20O4. The number of benzene rings is 2. The van der Waals surface area contributed by atoms with Crippen molar-refractivity contribution in [3.05, 3.63) is 58.7 Å². The van der Waals surface area contributed by atoms with E-state index >= 15 is 0 Å². The highest BCUT2D eigenvalue weighted by atomic mass is 16.3. The van der Waals surface area contributed by atoms with Gasteiger partial charge in [-0.15, -0.1) is 0 Å². The molecule has 0 radical (unpaired) electrons. The monoisotopic (exact) mass is 312 g/mol. The maximum atomic E-state index is 10.7. The summed E-state index contributed by atoms with van der Waals surface area (Å²) in [6, 6.07) is 10.5. The molecule has 0 aliphatic heterocycles. The average molecular weight is 312 g/mol. The second-order valence-corrected chi connectivity index (χ2v) is 5.99. The number of aromatic hydroxyl groups is 2. The molecule has 0 atom stereocenters. The third-order valence-corrected chi connectivity index (χ3v) is 4.19. The first-order valence-corrected chi connectivity index (χ1v) is 7.43. The highest BCUT2D eigenvalue weighted by Gasteiger charge is 2.30. The summed E-state index contributed by atoms with van der Waals surface area (Å²) in [7, 11) is 0. The van der Waals surface area contributed by atoms with Crippen LogP contribution in [0.3, 0.4) is 0 Å². The lowest BCUT2D eigenvalue weighted by Gasteiger charge is -2.29. The van der Waals surface area contributed by atoms with Gasteiger partial charge in [-0.05, 0) is 0 Å². The molecule has 2 aromatic rings. The molecule has 0 unspecified atom stereocenters. The molecule has 120 valence electrons. The second kappa shape index (κ2) is 6.65. The summed E-state index contributed by atoms with van der Waals surface area (Å²) in [6.07, 6.45) is 1.75. The van der Waals surface area contributed by atoms with E-state index in [1.165, 1.54) is 0 Å². The molecular weight excluding hydrogens is 292 g/mol. The van der Waals surface area contributed by atoms with Crippen LogP contribution in [0.15, 0.2) is 36.4 Å². The van der Waals surface area contributed by atoms with Crippen molar-refractivity contribution in [1.82, 2.24) is 0 Å². The Balaban J connectivity index is 2.59. The molecule has 0 heterocycles. The van der Waals surface area contributed by atoms with Gasteiger partial charge < -0.3 is 19.8 Å². The standard InChI is InChI=1S/C19H20O4/c1-19(2,15-7-3-5-13(9-11-20)17(15)22)16-8-4-6-14(10-12-21)18(16)23/h3-8,11-12,22-23H,9-10H2,1-2H3. The zero-order chi connectivity index (χ0) is 17.0. The fraction of sp³-hybridized carbons (Fsp3) is 0.263. The van der Waals surface area contributed by atoms with Crippen LogP contribution >= 0.6 is 0 Å². The fourth-order valence-corrected chi connectivity index (χ4v) is 2.85. The first kappa shape index (κ1) is 16.7. The van der Waals surface area contributed by atoms with Gasteiger partial charge in [0.1, 0.15) is 24.1 Å². The van der Waals surface area contributed by atoms with E-state index in [1.807, 2.05) is 13.8 Å². The molecule has 4 nitrogen and oxygen atoms in total. The van der Waals surface area contributed by atoms with E-state index in [0.29, 0.717) is 22.3 Å². The Kier molecular flexibility index (Phi) is 4.84. The molecule has 2 rings (SSSR count). The van der Waals surface area contributed by atoms with Crippen molar-refractivity contribution < 1.29 is 19.8 Å². The van der Waals surface area contributed by atoms with Gasteiger partial charge >= 0.3 is 0 Å². The van der Waals surface area contributed by atoms with Crippen LogP contribution in [0.5, 0.6) is 11.5 Å². The van der Waals surface area contributed by atoms with Gasteiger partial charge in [0.25, 0.3) is 0 Å². The first-order valence-electron chi connectivity index (χ1n) is 7.43. The van der Waals surface area contributed by atoms with Crippen LogP contribution in [0.2, 0.25) is 0 Å². The van der Waals surface area contributed by atoms with Crippen LogP contribution in [-0.2, 0) is 27.8 Å². The summed E-state index contributed by atoms with van der Waals surface area (Å²) in [5.41, 5.74) is 1.65. The summed E-state index contributed by atoms with van der Waals surface area (Å²) in [5, 5.41) is 21.0. The van der Waals surface area contributed by atoms with Crippen molar-refractivity contribution in [1.29, 1.82) is 0 Å². The number of para-hydroxylation sites is 2. The Bertz CT molecular complexity index is 671. The van der Waals surface area contributed by atoms with E-state index in [2.05, 4.69) is 0 Å². The minimum atomic E-state index is -0.689. The molecule has 0 aliphatic carbocycles. The van der Waals surface area contributed by atoms with Crippen LogP contribution < -0.4 is 0 Å². The molecule has 2 aromatic carbocycles. The highest BCUT2D eigenvalue weighted by Crippen LogP contribution is 2.42. The summed E-state index contributed by atoms with van der Waals surface area (Å²) >= 11 is 0. The Morgan fingerprint density at radius 3 is 1.57 bits per heavy atom. The quantitative estimate of drug-likeness (QED) is 0.804. The largest absolute Gasteiger partial charge is 0.507 e. The van der Waals surface area contributed by atoms with Crippen LogP contribution in [0.25, 0.3) is 0 Å². The zero-order valence-corrected chi connectivity index (χ0v) is 13.2. The first-order chi connectivity index (χ1) is 10.9. The van der Waals surface area contributed by atoms with E-state index in [4.69, 9.17) is 0 Å². The molecule has 0 fully saturated rings. The molecule has 0 amide bonds. The van der Waals surface area contributed by atoms with Crippen LogP contribution in [-0.4, -0.2) is 22.8 Å². The van der Waals surface area contributed by atoms with Gasteiger partial charge in [0.15, 0.2) is 0 Å². The number of phenols is 2. The molecule has 4 heteroatoms. The van der Waals surface area contributed by atoms with E-state index in [9.17, 15) is 19.8 Å². The van der Waals surface area contributed by atoms with Crippen molar-refractivity contribution in [2.24, 2.45) is 0 Å². The average Bonchev–Trinajstić information content (AvgIpc) is 2.51. The van der Waals surface area contributed by atoms with E-state index in [1.54, 1.807) is 36.4 Å². The van der Waals surface area contributed by atoms with Gasteiger partial charge in [-0.3, -0.25) is 0 Å². The van der Waals surface area contributed by atoms with Crippen molar-refractivity contribution in [3.8, 4) is 11.5 Å². The topological polar surface area (TPSA) is 74.6 Å². The third-order valence-electron chi connectivity index (χ3n) is 4.19. The molecule has 0 bridgehead atoms. The Labute approximate surface area is 135 Å². The van der Waals surface area contributed by atoms with Crippen LogP contribution in [0.4, 0.5) is 0 Å². The van der Waals surface area contributed by atoms with Gasteiger partial charge in [-0.1, -0.05) is 50.2 Å². The van der Waals surface area contributed by atoms with Crippen LogP contribution in [0.1, 0.15) is 36.1 Å². The molecule has 0 aromatic heterocycles. The highest BCUT2D eigenvalue weighted by molar-refractivity contribution is 5.62. The van der Waals surface area contributed by atoms with E-state index in [-0.39, 0.29) is 24.3 Å². The van der Waals surface area contributed by atoms with E-state index < -0.39 is 5.41 Å². The zero-order valence-electron chi connectivity index (χ0n) is 13.2. The Hall–Kier alpha value is -2.62. The Morgan fingerprint density at radius 1 is 0.826 bits per heavy atom. The summed E-state index contributed by atoms with van der Waals surface area (Å²) in [5.74, 6) is 0.120. The van der Waals surface area contributed by atoms with Crippen LogP contribution in [0, 0.1) is 0 Å². The normalized spacial score (nSPS) is 11.2. The number of carbonyl (C=O) groups is 2. The van der Waals surface area contributed by atoms with Crippen molar-refractivity contribution >= 4 is 12.6 Å². The fourth-order valence-electron chi connectivity index (χ4n) is 2.85. The summed E-state index contributed by atoms with van der Waals surface area (Å²) in [4.78, 5) is 21.5. The lowest BCUT2D eigenvalue weighted by atomic mass is 9.76. The molecule has 0 saturated heterocycles. The smallest absolute Gasteiger partial charge is 0.124 e. The maximum Gasteiger partial charge on any atom is 0.124 e. The number of rotatable bonds is 6. The van der Waals surface area contributed by atoms with E-state index in [0.717, 1.165) is 12.6 Å². The molecule has 0 saturated carbocycles. The minimum Gasteiger partial charge on any atom is -0.507 e. The predicted molar refractivity (Wildman–Crippen MR) is 87.9 cm³/mol. The predicted octanol–water partition coefficient (Wildman–Crippen LogP) is 2.91. The lowest BCUT2D eigenvalue weighted by molar-refractivity contribution is -0.108. The summed E-state index contributed by atoms with van der Waals surface area (Å²) in [6.45, 7) is 3.76. The molecule has 23 heavy (non-hydrogen) atoms. The second-order valence-electron chi connectivity index (χ2n) is 5.99. The van der Waals surface area contributed by atoms with Gasteiger partial charge in [0.05, 0.1) is 0 Å². The number of phenolic OH excluding ortho intramolecular Hbond substituents is 2. The summed E-state index contributed by atoms with van der Waals surface area (Å²) < 4.78 is 0. The van der Waals surface area contributed by atoms with Crippen molar-refractivity contribution in [2.45, 2.75) is 32.1 Å². The number of hydrogen-bond donors (Lipinski definition) is 2.